The lowest BCUT2D eigenvalue weighted by Crippen LogP contribution is -2.41. The zero-order valence-electron chi connectivity index (χ0n) is 27.0. The molecule has 2 atom stereocenters. The number of aliphatic imine (C=N–C) groups is 1. The van der Waals surface area contributed by atoms with Crippen LogP contribution in [0.15, 0.2) is 41.4 Å². The maximum atomic E-state index is 14.1. The van der Waals surface area contributed by atoms with Crippen molar-refractivity contribution in [2.75, 3.05) is 55.6 Å². The highest BCUT2D eigenvalue weighted by molar-refractivity contribution is 6.23. The SMILES string of the molecule is COc1ccc2c(c1)[C@]1(C[C@H]1c1ccc3c(c1)CN=C3Nc1nc(C)nc(N3CCOCC3)c1OC)C(=O)N2C(=O)OC(C)(C)C. The number of nitrogens with zero attached hydrogens (tertiary/aromatic N) is 5. The number of hydrogen-bond donors (Lipinski definition) is 1. The van der Waals surface area contributed by atoms with Crippen LogP contribution in [0, 0.1) is 6.92 Å². The lowest BCUT2D eigenvalue weighted by molar-refractivity contribution is -0.120. The number of methoxy groups -OCH3 is 2. The van der Waals surface area contributed by atoms with E-state index < -0.39 is 17.1 Å². The van der Waals surface area contributed by atoms with E-state index in [1.54, 1.807) is 47.1 Å². The molecule has 1 saturated carbocycles. The van der Waals surface area contributed by atoms with Crippen molar-refractivity contribution in [3.63, 3.8) is 0 Å². The second-order valence-corrected chi connectivity index (χ2v) is 13.0. The summed E-state index contributed by atoms with van der Waals surface area (Å²) in [6, 6.07) is 11.6. The van der Waals surface area contributed by atoms with E-state index in [0.29, 0.717) is 60.8 Å². The number of amidine groups is 1. The van der Waals surface area contributed by atoms with Crippen LogP contribution in [-0.2, 0) is 26.2 Å². The molecule has 12 heteroatoms. The molecule has 7 rings (SSSR count). The quantitative estimate of drug-likeness (QED) is 0.425. The van der Waals surface area contributed by atoms with Crippen molar-refractivity contribution in [3.05, 3.63) is 64.5 Å². The number of imide groups is 1. The fraction of sp³-hybridized carbons (Fsp3) is 0.441. The van der Waals surface area contributed by atoms with Gasteiger partial charge in [-0.15, -0.1) is 0 Å². The molecule has 46 heavy (non-hydrogen) atoms. The molecule has 0 radical (unpaired) electrons. The van der Waals surface area contributed by atoms with Crippen molar-refractivity contribution in [1.29, 1.82) is 0 Å². The Morgan fingerprint density at radius 1 is 1.07 bits per heavy atom. The van der Waals surface area contributed by atoms with Crippen molar-refractivity contribution in [1.82, 2.24) is 9.97 Å². The molecule has 3 aliphatic heterocycles. The van der Waals surface area contributed by atoms with Crippen LogP contribution in [-0.4, -0.2) is 73.9 Å². The lowest BCUT2D eigenvalue weighted by atomic mass is 9.91. The minimum Gasteiger partial charge on any atom is -0.497 e. The standard InChI is InChI=1S/C34H38N6O6/c1-19-36-29(27(44-6)30(37-19)39-11-13-45-14-12-39)38-28-23-9-7-20(15-21(23)18-35-28)25-17-34(25)24-16-22(43-5)8-10-26(24)40(31(34)41)32(42)46-33(2,3)4/h7-10,15-16,25H,11-14,17-18H2,1-6H3,(H,35,36,37,38)/t25-,34-/m0/s1. The van der Waals surface area contributed by atoms with Gasteiger partial charge in [0.2, 0.25) is 11.7 Å². The van der Waals surface area contributed by atoms with Crippen LogP contribution in [0.2, 0.25) is 0 Å². The zero-order valence-corrected chi connectivity index (χ0v) is 27.0. The predicted molar refractivity (Wildman–Crippen MR) is 172 cm³/mol. The van der Waals surface area contributed by atoms with Gasteiger partial charge in [0, 0.05) is 24.6 Å². The van der Waals surface area contributed by atoms with Crippen molar-refractivity contribution in [2.45, 2.75) is 57.6 Å². The van der Waals surface area contributed by atoms with Gasteiger partial charge >= 0.3 is 6.09 Å². The van der Waals surface area contributed by atoms with Crippen molar-refractivity contribution in [3.8, 4) is 11.5 Å². The summed E-state index contributed by atoms with van der Waals surface area (Å²) in [6.07, 6.45) is -0.0886. The first-order chi connectivity index (χ1) is 22.0. The normalized spacial score (nSPS) is 21.6. The number of aromatic nitrogens is 2. The fourth-order valence-electron chi connectivity index (χ4n) is 6.78. The molecule has 1 saturated heterocycles. The molecule has 1 aromatic heterocycles. The van der Waals surface area contributed by atoms with Gasteiger partial charge in [-0.25, -0.2) is 19.7 Å². The van der Waals surface area contributed by atoms with E-state index in [2.05, 4.69) is 26.3 Å². The van der Waals surface area contributed by atoms with Gasteiger partial charge in [0.25, 0.3) is 0 Å². The molecule has 0 bridgehead atoms. The van der Waals surface area contributed by atoms with Gasteiger partial charge in [0.05, 0.1) is 45.1 Å². The van der Waals surface area contributed by atoms with Crippen LogP contribution in [0.5, 0.6) is 11.5 Å². The Hall–Kier alpha value is -4.71. The monoisotopic (exact) mass is 626 g/mol. The summed E-state index contributed by atoms with van der Waals surface area (Å²) < 4.78 is 22.5. The molecule has 12 nitrogen and oxygen atoms in total. The number of carbonyl (C=O) groups is 2. The summed E-state index contributed by atoms with van der Waals surface area (Å²) in [5.74, 6) is 3.41. The third-order valence-electron chi connectivity index (χ3n) is 8.95. The summed E-state index contributed by atoms with van der Waals surface area (Å²) in [5.41, 5.74) is 2.75. The molecule has 2 aromatic carbocycles. The first-order valence-electron chi connectivity index (χ1n) is 15.5. The van der Waals surface area contributed by atoms with Crippen LogP contribution >= 0.6 is 0 Å². The maximum absolute atomic E-state index is 14.1. The summed E-state index contributed by atoms with van der Waals surface area (Å²) >= 11 is 0. The molecule has 3 aromatic rings. The summed E-state index contributed by atoms with van der Waals surface area (Å²) in [5, 5.41) is 3.41. The average Bonchev–Trinajstić information content (AvgIpc) is 3.59. The summed E-state index contributed by atoms with van der Waals surface area (Å²) in [7, 11) is 3.21. The molecule has 1 N–H and O–H groups in total. The first kappa shape index (κ1) is 30.0. The van der Waals surface area contributed by atoms with Gasteiger partial charge in [0.15, 0.2) is 11.6 Å². The molecule has 4 aliphatic rings. The van der Waals surface area contributed by atoms with Crippen molar-refractivity contribution in [2.24, 2.45) is 4.99 Å². The Morgan fingerprint density at radius 3 is 2.57 bits per heavy atom. The smallest absolute Gasteiger partial charge is 0.421 e. The van der Waals surface area contributed by atoms with Gasteiger partial charge in [-0.05, 0) is 69.0 Å². The number of aryl methyl sites for hydroxylation is 1. The van der Waals surface area contributed by atoms with E-state index in [4.69, 9.17) is 23.9 Å². The molecule has 240 valence electrons. The minimum absolute atomic E-state index is 0.110. The first-order valence-corrected chi connectivity index (χ1v) is 15.5. The fourth-order valence-corrected chi connectivity index (χ4v) is 6.78. The van der Waals surface area contributed by atoms with Gasteiger partial charge in [-0.3, -0.25) is 9.79 Å². The van der Waals surface area contributed by atoms with E-state index in [9.17, 15) is 9.59 Å². The van der Waals surface area contributed by atoms with E-state index in [1.807, 2.05) is 25.1 Å². The molecule has 0 unspecified atom stereocenters. The molecular formula is C34H38N6O6. The van der Waals surface area contributed by atoms with Gasteiger partial charge in [-0.1, -0.05) is 18.2 Å². The minimum atomic E-state index is -0.864. The highest BCUT2D eigenvalue weighted by atomic mass is 16.6. The third-order valence-corrected chi connectivity index (χ3v) is 8.95. The molecule has 1 spiro atoms. The van der Waals surface area contributed by atoms with Gasteiger partial charge in [0.1, 0.15) is 23.0 Å². The topological polar surface area (TPSA) is 128 Å². The Bertz CT molecular complexity index is 1780. The van der Waals surface area contributed by atoms with Crippen LogP contribution < -0.4 is 24.6 Å². The second kappa shape index (κ2) is 11.0. The number of hydrogen-bond acceptors (Lipinski definition) is 11. The van der Waals surface area contributed by atoms with Gasteiger partial charge < -0.3 is 29.2 Å². The van der Waals surface area contributed by atoms with Gasteiger partial charge in [-0.2, -0.15) is 0 Å². The zero-order chi connectivity index (χ0) is 32.4. The summed E-state index contributed by atoms with van der Waals surface area (Å²) in [4.78, 5) is 44.8. The number of amides is 2. The molecule has 4 heterocycles. The van der Waals surface area contributed by atoms with E-state index >= 15 is 0 Å². The predicted octanol–water partition coefficient (Wildman–Crippen LogP) is 4.72. The number of anilines is 3. The Morgan fingerprint density at radius 2 is 1.85 bits per heavy atom. The van der Waals surface area contributed by atoms with Crippen molar-refractivity contribution < 1.29 is 28.5 Å². The average molecular weight is 627 g/mol. The maximum Gasteiger partial charge on any atom is 0.421 e. The summed E-state index contributed by atoms with van der Waals surface area (Å²) in [6.45, 7) is 10.4. The van der Waals surface area contributed by atoms with Crippen LogP contribution in [0.3, 0.4) is 0 Å². The highest BCUT2D eigenvalue weighted by Crippen LogP contribution is 2.67. The van der Waals surface area contributed by atoms with Crippen LogP contribution in [0.4, 0.5) is 22.1 Å². The molecular weight excluding hydrogens is 588 g/mol. The molecule has 2 amide bonds. The van der Waals surface area contributed by atoms with Crippen LogP contribution in [0.25, 0.3) is 0 Å². The number of nitrogens with one attached hydrogen (secondary N) is 1. The highest BCUT2D eigenvalue weighted by Gasteiger charge is 2.68. The third kappa shape index (κ3) is 4.91. The number of rotatable bonds is 5. The number of carbonyl (C=O) groups excluding carboxylic acids is 2. The number of ether oxygens (including phenoxy) is 4. The number of benzene rings is 2. The number of morpholine rings is 1. The molecule has 2 fully saturated rings. The number of fused-ring (bicyclic) bond motifs is 3. The second-order valence-electron chi connectivity index (χ2n) is 13.0. The van der Waals surface area contributed by atoms with E-state index in [-0.39, 0.29) is 11.8 Å². The largest absolute Gasteiger partial charge is 0.497 e. The van der Waals surface area contributed by atoms with E-state index in [1.165, 1.54) is 4.90 Å². The van der Waals surface area contributed by atoms with E-state index in [0.717, 1.165) is 41.2 Å². The lowest BCUT2D eigenvalue weighted by Gasteiger charge is -2.29. The Labute approximate surface area is 267 Å². The molecule has 1 aliphatic carbocycles. The Balaban J connectivity index is 1.16. The van der Waals surface area contributed by atoms with Crippen LogP contribution in [0.1, 0.15) is 61.2 Å². The van der Waals surface area contributed by atoms with Crippen molar-refractivity contribution >= 4 is 35.2 Å². The Kier molecular flexibility index (Phi) is 7.15.